The number of amides is 1. The highest BCUT2D eigenvalue weighted by Crippen LogP contribution is 2.22. The van der Waals surface area contributed by atoms with E-state index < -0.39 is 5.60 Å². The van der Waals surface area contributed by atoms with Crippen LogP contribution in [0, 0.1) is 6.92 Å². The van der Waals surface area contributed by atoms with E-state index in [0.29, 0.717) is 19.7 Å². The largest absolute Gasteiger partial charge is 0.489 e. The predicted molar refractivity (Wildman–Crippen MR) is 112 cm³/mol. The Kier molecular flexibility index (Phi) is 6.12. The topological polar surface area (TPSA) is 42.0 Å². The second kappa shape index (κ2) is 8.55. The molecule has 0 unspecified atom stereocenters. The zero-order chi connectivity index (χ0) is 20.1. The SMILES string of the molecule is Cc1ccc(COc2ccc(N3CCN(C(=O)OC(C)(C)C)CC3)cc2)cc1. The van der Waals surface area contributed by atoms with E-state index in [2.05, 4.69) is 48.2 Å². The molecule has 1 heterocycles. The van der Waals surface area contributed by atoms with Gasteiger partial charge >= 0.3 is 6.09 Å². The molecule has 0 atom stereocenters. The molecule has 1 amide bonds. The highest BCUT2D eigenvalue weighted by Gasteiger charge is 2.25. The first-order valence-corrected chi connectivity index (χ1v) is 9.81. The number of rotatable bonds is 4. The van der Waals surface area contributed by atoms with Crippen molar-refractivity contribution in [1.82, 2.24) is 4.90 Å². The van der Waals surface area contributed by atoms with Gasteiger partial charge in [-0.1, -0.05) is 29.8 Å². The van der Waals surface area contributed by atoms with Crippen LogP contribution in [0.1, 0.15) is 31.9 Å². The van der Waals surface area contributed by atoms with E-state index in [4.69, 9.17) is 9.47 Å². The number of hydrogen-bond acceptors (Lipinski definition) is 4. The maximum atomic E-state index is 12.2. The van der Waals surface area contributed by atoms with Crippen LogP contribution in [0.5, 0.6) is 5.75 Å². The number of carbonyl (C=O) groups is 1. The Morgan fingerprint density at radius 3 is 2.11 bits per heavy atom. The minimum absolute atomic E-state index is 0.230. The highest BCUT2D eigenvalue weighted by atomic mass is 16.6. The third-order valence-electron chi connectivity index (χ3n) is 4.66. The number of nitrogens with zero attached hydrogens (tertiary/aromatic N) is 2. The van der Waals surface area contributed by atoms with Gasteiger partial charge in [-0.15, -0.1) is 0 Å². The molecule has 3 rings (SSSR count). The lowest BCUT2D eigenvalue weighted by Crippen LogP contribution is -2.50. The molecule has 1 fully saturated rings. The Balaban J connectivity index is 1.49. The molecule has 0 saturated carbocycles. The number of ether oxygens (including phenoxy) is 2. The van der Waals surface area contributed by atoms with Gasteiger partial charge in [0.25, 0.3) is 0 Å². The highest BCUT2D eigenvalue weighted by molar-refractivity contribution is 5.68. The normalized spacial score (nSPS) is 14.7. The lowest BCUT2D eigenvalue weighted by atomic mass is 10.2. The molecule has 5 heteroatoms. The molecule has 1 aliphatic rings. The quantitative estimate of drug-likeness (QED) is 0.773. The van der Waals surface area contributed by atoms with E-state index in [-0.39, 0.29) is 6.09 Å². The van der Waals surface area contributed by atoms with Crippen molar-refractivity contribution in [2.75, 3.05) is 31.1 Å². The van der Waals surface area contributed by atoms with Crippen molar-refractivity contribution in [2.24, 2.45) is 0 Å². The lowest BCUT2D eigenvalue weighted by Gasteiger charge is -2.36. The van der Waals surface area contributed by atoms with Crippen LogP contribution in [0.3, 0.4) is 0 Å². The fraction of sp³-hybridized carbons (Fsp3) is 0.435. The summed E-state index contributed by atoms with van der Waals surface area (Å²) in [7, 11) is 0. The van der Waals surface area contributed by atoms with Gasteiger partial charge in [-0.3, -0.25) is 0 Å². The van der Waals surface area contributed by atoms with Crippen LogP contribution in [0.25, 0.3) is 0 Å². The van der Waals surface area contributed by atoms with E-state index in [1.807, 2.05) is 32.9 Å². The van der Waals surface area contributed by atoms with Gasteiger partial charge in [-0.05, 0) is 57.5 Å². The van der Waals surface area contributed by atoms with E-state index in [1.54, 1.807) is 4.90 Å². The Morgan fingerprint density at radius 2 is 1.54 bits per heavy atom. The number of piperazine rings is 1. The number of aryl methyl sites for hydroxylation is 1. The molecule has 0 spiro atoms. The van der Waals surface area contributed by atoms with E-state index >= 15 is 0 Å². The monoisotopic (exact) mass is 382 g/mol. The lowest BCUT2D eigenvalue weighted by molar-refractivity contribution is 0.0240. The van der Waals surface area contributed by atoms with Crippen molar-refractivity contribution in [3.63, 3.8) is 0 Å². The summed E-state index contributed by atoms with van der Waals surface area (Å²) < 4.78 is 11.3. The Morgan fingerprint density at radius 1 is 0.929 bits per heavy atom. The van der Waals surface area contributed by atoms with Crippen LogP contribution in [0.2, 0.25) is 0 Å². The molecule has 0 N–H and O–H groups in total. The van der Waals surface area contributed by atoms with Crippen LogP contribution in [0.4, 0.5) is 10.5 Å². The second-order valence-electron chi connectivity index (χ2n) is 8.22. The van der Waals surface area contributed by atoms with Gasteiger partial charge in [0.05, 0.1) is 0 Å². The van der Waals surface area contributed by atoms with Crippen molar-refractivity contribution in [1.29, 1.82) is 0 Å². The first-order chi connectivity index (χ1) is 13.3. The third kappa shape index (κ3) is 5.65. The number of hydrogen-bond donors (Lipinski definition) is 0. The molecule has 0 radical (unpaired) electrons. The van der Waals surface area contributed by atoms with Gasteiger partial charge in [0.2, 0.25) is 0 Å². The van der Waals surface area contributed by atoms with Gasteiger partial charge in [0.1, 0.15) is 18.0 Å². The molecular weight excluding hydrogens is 352 g/mol. The summed E-state index contributed by atoms with van der Waals surface area (Å²) in [6.07, 6.45) is -0.230. The fourth-order valence-corrected chi connectivity index (χ4v) is 3.08. The van der Waals surface area contributed by atoms with Gasteiger partial charge in [0.15, 0.2) is 0 Å². The smallest absolute Gasteiger partial charge is 0.410 e. The standard InChI is InChI=1S/C23H30N2O3/c1-18-5-7-19(8-6-18)17-27-21-11-9-20(10-12-21)24-13-15-25(16-14-24)22(26)28-23(2,3)4/h5-12H,13-17H2,1-4H3. The molecule has 1 saturated heterocycles. The zero-order valence-corrected chi connectivity index (χ0v) is 17.3. The summed E-state index contributed by atoms with van der Waals surface area (Å²) in [4.78, 5) is 16.2. The Labute approximate surface area is 167 Å². The fourth-order valence-electron chi connectivity index (χ4n) is 3.08. The number of carbonyl (C=O) groups excluding carboxylic acids is 1. The second-order valence-corrected chi connectivity index (χ2v) is 8.22. The minimum Gasteiger partial charge on any atom is -0.489 e. The van der Waals surface area contributed by atoms with Gasteiger partial charge < -0.3 is 19.3 Å². The maximum Gasteiger partial charge on any atom is 0.410 e. The Bertz CT molecular complexity index is 771. The molecule has 0 aliphatic carbocycles. The summed E-state index contributed by atoms with van der Waals surface area (Å²) in [5, 5.41) is 0. The van der Waals surface area contributed by atoms with Gasteiger partial charge in [0, 0.05) is 31.9 Å². The molecule has 5 nitrogen and oxygen atoms in total. The van der Waals surface area contributed by atoms with E-state index in [1.165, 1.54) is 5.56 Å². The number of anilines is 1. The van der Waals surface area contributed by atoms with Crippen molar-refractivity contribution in [3.8, 4) is 5.75 Å². The summed E-state index contributed by atoms with van der Waals surface area (Å²) in [5.41, 5.74) is 3.10. The molecule has 1 aliphatic heterocycles. The molecule has 2 aromatic rings. The van der Waals surface area contributed by atoms with Crippen LogP contribution < -0.4 is 9.64 Å². The molecule has 150 valence electrons. The van der Waals surface area contributed by atoms with Crippen molar-refractivity contribution < 1.29 is 14.3 Å². The van der Waals surface area contributed by atoms with E-state index in [9.17, 15) is 4.79 Å². The molecule has 0 aromatic heterocycles. The molecule has 0 bridgehead atoms. The van der Waals surface area contributed by atoms with Crippen LogP contribution in [0.15, 0.2) is 48.5 Å². The maximum absolute atomic E-state index is 12.2. The zero-order valence-electron chi connectivity index (χ0n) is 17.3. The average Bonchev–Trinajstić information content (AvgIpc) is 2.67. The van der Waals surface area contributed by atoms with Crippen LogP contribution in [-0.4, -0.2) is 42.8 Å². The molecular formula is C23H30N2O3. The third-order valence-corrected chi connectivity index (χ3v) is 4.66. The predicted octanol–water partition coefficient (Wildman–Crippen LogP) is 4.63. The minimum atomic E-state index is -0.456. The summed E-state index contributed by atoms with van der Waals surface area (Å²) in [5.74, 6) is 0.858. The van der Waals surface area contributed by atoms with Crippen LogP contribution in [-0.2, 0) is 11.3 Å². The van der Waals surface area contributed by atoms with E-state index in [0.717, 1.165) is 30.1 Å². The molecule has 2 aromatic carbocycles. The molecule has 28 heavy (non-hydrogen) atoms. The number of benzene rings is 2. The summed E-state index contributed by atoms with van der Waals surface area (Å²) in [6, 6.07) is 16.5. The Hall–Kier alpha value is -2.69. The van der Waals surface area contributed by atoms with Gasteiger partial charge in [-0.25, -0.2) is 4.79 Å². The average molecular weight is 383 g/mol. The summed E-state index contributed by atoms with van der Waals surface area (Å²) >= 11 is 0. The van der Waals surface area contributed by atoms with Crippen molar-refractivity contribution in [3.05, 3.63) is 59.7 Å². The van der Waals surface area contributed by atoms with Crippen LogP contribution >= 0.6 is 0 Å². The first-order valence-electron chi connectivity index (χ1n) is 9.81. The van der Waals surface area contributed by atoms with Gasteiger partial charge in [-0.2, -0.15) is 0 Å². The van der Waals surface area contributed by atoms with Crippen molar-refractivity contribution in [2.45, 2.75) is 39.9 Å². The first kappa shape index (κ1) is 20.1. The van der Waals surface area contributed by atoms with Crippen molar-refractivity contribution >= 4 is 11.8 Å². The summed E-state index contributed by atoms with van der Waals surface area (Å²) in [6.45, 7) is 11.2.